The molecule has 33 heavy (non-hydrogen) atoms. The standard InChI is InChI=1S/C28H34O4S/c1-7-20(24-15-21-11-12-22(27(30)31-6)16-25(21)33-24)10-8-19-9-13-23(18(2)14-19)32-17-26(29)28(3,4)5/h9,11-16,20H,7-8,10,17H2,1-6H3. The predicted molar refractivity (Wildman–Crippen MR) is 136 cm³/mol. The van der Waals surface area contributed by atoms with E-state index in [2.05, 4.69) is 25.1 Å². The van der Waals surface area contributed by atoms with E-state index in [1.807, 2.05) is 52.0 Å². The van der Waals surface area contributed by atoms with Crippen LogP contribution in [0.2, 0.25) is 0 Å². The zero-order valence-corrected chi connectivity index (χ0v) is 21.3. The summed E-state index contributed by atoms with van der Waals surface area (Å²) in [6, 6.07) is 14.3. The van der Waals surface area contributed by atoms with Gasteiger partial charge >= 0.3 is 5.97 Å². The Morgan fingerprint density at radius 1 is 1.06 bits per heavy atom. The number of carbonyl (C=O) groups is 2. The highest BCUT2D eigenvalue weighted by molar-refractivity contribution is 7.19. The summed E-state index contributed by atoms with van der Waals surface area (Å²) in [5, 5.41) is 1.17. The number of thiophene rings is 1. The molecule has 0 radical (unpaired) electrons. The molecule has 3 aromatic rings. The van der Waals surface area contributed by atoms with Gasteiger partial charge in [0.15, 0.2) is 5.78 Å². The molecular formula is C28H34O4S. The minimum Gasteiger partial charge on any atom is -0.486 e. The third-order valence-electron chi connectivity index (χ3n) is 6.07. The highest BCUT2D eigenvalue weighted by Gasteiger charge is 2.22. The molecular weight excluding hydrogens is 432 g/mol. The monoisotopic (exact) mass is 466 g/mol. The third-order valence-corrected chi connectivity index (χ3v) is 7.33. The van der Waals surface area contributed by atoms with Crippen LogP contribution in [-0.4, -0.2) is 25.5 Å². The molecule has 0 N–H and O–H groups in total. The minimum absolute atomic E-state index is 0.0961. The first kappa shape index (κ1) is 25.0. The van der Waals surface area contributed by atoms with Crippen LogP contribution in [0.5, 0.6) is 5.75 Å². The van der Waals surface area contributed by atoms with E-state index in [1.54, 1.807) is 11.3 Å². The molecule has 1 unspecified atom stereocenters. The highest BCUT2D eigenvalue weighted by atomic mass is 32.1. The summed E-state index contributed by atoms with van der Waals surface area (Å²) in [7, 11) is 1.41. The number of benzene rings is 2. The normalized spacial score (nSPS) is 12.5. The van der Waals surface area contributed by atoms with E-state index in [9.17, 15) is 9.59 Å². The Morgan fingerprint density at radius 2 is 1.82 bits per heavy atom. The molecule has 0 fully saturated rings. The zero-order chi connectivity index (χ0) is 24.2. The molecule has 1 atom stereocenters. The van der Waals surface area contributed by atoms with Crippen LogP contribution in [0.25, 0.3) is 10.1 Å². The Bertz CT molecular complexity index is 1140. The zero-order valence-electron chi connectivity index (χ0n) is 20.5. The van der Waals surface area contributed by atoms with Crippen molar-refractivity contribution in [3.8, 4) is 5.75 Å². The summed E-state index contributed by atoms with van der Waals surface area (Å²) >= 11 is 1.76. The number of ether oxygens (including phenoxy) is 2. The second-order valence-corrected chi connectivity index (χ2v) is 10.7. The van der Waals surface area contributed by atoms with Gasteiger partial charge in [0.25, 0.3) is 0 Å². The van der Waals surface area contributed by atoms with Gasteiger partial charge in [0.05, 0.1) is 12.7 Å². The van der Waals surface area contributed by atoms with Gasteiger partial charge in [0.1, 0.15) is 12.4 Å². The molecule has 0 aliphatic rings. The minimum atomic E-state index is -0.392. The van der Waals surface area contributed by atoms with E-state index in [4.69, 9.17) is 9.47 Å². The largest absolute Gasteiger partial charge is 0.486 e. The second-order valence-electron chi connectivity index (χ2n) is 9.60. The van der Waals surface area contributed by atoms with Crippen molar-refractivity contribution in [2.75, 3.05) is 13.7 Å². The van der Waals surface area contributed by atoms with Crippen molar-refractivity contribution in [1.29, 1.82) is 0 Å². The van der Waals surface area contributed by atoms with E-state index in [0.717, 1.165) is 35.3 Å². The molecule has 0 saturated carbocycles. The summed E-state index contributed by atoms with van der Waals surface area (Å²) in [5.41, 5.74) is 2.53. The van der Waals surface area contributed by atoms with Crippen molar-refractivity contribution in [3.05, 3.63) is 64.0 Å². The van der Waals surface area contributed by atoms with Gasteiger partial charge in [-0.1, -0.05) is 45.9 Å². The fourth-order valence-electron chi connectivity index (χ4n) is 3.77. The van der Waals surface area contributed by atoms with E-state index in [1.165, 1.54) is 22.9 Å². The van der Waals surface area contributed by atoms with Crippen LogP contribution < -0.4 is 4.74 Å². The fourth-order valence-corrected chi connectivity index (χ4v) is 5.10. The van der Waals surface area contributed by atoms with Gasteiger partial charge in [-0.3, -0.25) is 4.79 Å². The third kappa shape index (κ3) is 6.23. The smallest absolute Gasteiger partial charge is 0.337 e. The molecule has 0 spiro atoms. The molecule has 5 heteroatoms. The van der Waals surface area contributed by atoms with Gasteiger partial charge in [0.2, 0.25) is 0 Å². The fraction of sp³-hybridized carbons (Fsp3) is 0.429. The lowest BCUT2D eigenvalue weighted by Crippen LogP contribution is -2.26. The molecule has 0 saturated heterocycles. The maximum absolute atomic E-state index is 12.1. The van der Waals surface area contributed by atoms with Gasteiger partial charge in [-0.25, -0.2) is 4.79 Å². The molecule has 3 rings (SSSR count). The van der Waals surface area contributed by atoms with Gasteiger partial charge < -0.3 is 9.47 Å². The molecule has 0 bridgehead atoms. The summed E-state index contributed by atoms with van der Waals surface area (Å²) in [5.74, 6) is 1.03. The number of hydrogen-bond donors (Lipinski definition) is 0. The summed E-state index contributed by atoms with van der Waals surface area (Å²) in [6.45, 7) is 10.1. The maximum Gasteiger partial charge on any atom is 0.337 e. The highest BCUT2D eigenvalue weighted by Crippen LogP contribution is 2.36. The van der Waals surface area contributed by atoms with Crippen molar-refractivity contribution >= 4 is 33.2 Å². The lowest BCUT2D eigenvalue weighted by Gasteiger charge is -2.18. The average Bonchev–Trinajstić information content (AvgIpc) is 3.20. The van der Waals surface area contributed by atoms with Crippen molar-refractivity contribution in [3.63, 3.8) is 0 Å². The Labute approximate surface area is 200 Å². The van der Waals surface area contributed by atoms with Gasteiger partial charge in [0, 0.05) is 15.0 Å². The Balaban J connectivity index is 1.66. The molecule has 1 aromatic heterocycles. The second kappa shape index (κ2) is 10.5. The first-order chi connectivity index (χ1) is 15.6. The molecule has 0 amide bonds. The topological polar surface area (TPSA) is 52.6 Å². The molecule has 4 nitrogen and oxygen atoms in total. The number of hydrogen-bond acceptors (Lipinski definition) is 5. The first-order valence-corrected chi connectivity index (χ1v) is 12.3. The molecule has 176 valence electrons. The van der Waals surface area contributed by atoms with Crippen LogP contribution in [0, 0.1) is 12.3 Å². The Hall–Kier alpha value is -2.66. The Morgan fingerprint density at radius 3 is 2.45 bits per heavy atom. The van der Waals surface area contributed by atoms with Crippen LogP contribution in [-0.2, 0) is 16.0 Å². The number of fused-ring (bicyclic) bond motifs is 1. The number of Topliss-reactive ketones (excluding diaryl/α,β-unsaturated/α-hetero) is 1. The predicted octanol–water partition coefficient (Wildman–Crippen LogP) is 7.12. The number of rotatable bonds is 9. The van der Waals surface area contributed by atoms with Crippen LogP contribution in [0.3, 0.4) is 0 Å². The van der Waals surface area contributed by atoms with Crippen molar-refractivity contribution in [1.82, 2.24) is 0 Å². The van der Waals surface area contributed by atoms with Crippen LogP contribution in [0.1, 0.15) is 72.8 Å². The van der Waals surface area contributed by atoms with E-state index in [0.29, 0.717) is 11.5 Å². The molecule has 0 aliphatic heterocycles. The summed E-state index contributed by atoms with van der Waals surface area (Å²) < 4.78 is 11.8. The lowest BCUT2D eigenvalue weighted by molar-refractivity contribution is -0.128. The van der Waals surface area contributed by atoms with E-state index < -0.39 is 5.41 Å². The number of ketones is 1. The number of methoxy groups -OCH3 is 1. The molecule has 2 aromatic carbocycles. The number of carbonyl (C=O) groups excluding carboxylic acids is 2. The number of esters is 1. The summed E-state index contributed by atoms with van der Waals surface area (Å²) in [4.78, 5) is 25.3. The van der Waals surface area contributed by atoms with E-state index in [-0.39, 0.29) is 18.4 Å². The Kier molecular flexibility index (Phi) is 7.96. The van der Waals surface area contributed by atoms with Crippen LogP contribution >= 0.6 is 11.3 Å². The molecule has 1 heterocycles. The van der Waals surface area contributed by atoms with Gasteiger partial charge in [-0.2, -0.15) is 0 Å². The van der Waals surface area contributed by atoms with Gasteiger partial charge in [-0.15, -0.1) is 11.3 Å². The molecule has 0 aliphatic carbocycles. The van der Waals surface area contributed by atoms with E-state index >= 15 is 0 Å². The SMILES string of the molecule is CCC(CCc1ccc(OCC(=O)C(C)(C)C)c(C)c1)c1cc2ccc(C(=O)OC)cc2s1. The van der Waals surface area contributed by atoms with Gasteiger partial charge in [-0.05, 0) is 72.9 Å². The quantitative estimate of drug-likeness (QED) is 0.315. The average molecular weight is 467 g/mol. The van der Waals surface area contributed by atoms with Crippen molar-refractivity contribution in [2.45, 2.75) is 59.8 Å². The maximum atomic E-state index is 12.1. The number of aryl methyl sites for hydroxylation is 2. The van der Waals surface area contributed by atoms with Crippen molar-refractivity contribution < 1.29 is 19.1 Å². The van der Waals surface area contributed by atoms with Crippen LogP contribution in [0.15, 0.2) is 42.5 Å². The van der Waals surface area contributed by atoms with Crippen LogP contribution in [0.4, 0.5) is 0 Å². The first-order valence-electron chi connectivity index (χ1n) is 11.5. The summed E-state index contributed by atoms with van der Waals surface area (Å²) in [6.07, 6.45) is 3.09. The van der Waals surface area contributed by atoms with Crippen molar-refractivity contribution in [2.24, 2.45) is 5.41 Å². The lowest BCUT2D eigenvalue weighted by atomic mass is 9.91.